The molecule has 2 aromatic rings. The number of carbonyl (C=O) groups excluding carboxylic acids is 1. The summed E-state index contributed by atoms with van der Waals surface area (Å²) in [5.74, 6) is 0.442. The van der Waals surface area contributed by atoms with Crippen molar-refractivity contribution in [3.63, 3.8) is 0 Å². The molecule has 0 bridgehead atoms. The molecule has 1 aromatic carbocycles. The fourth-order valence-electron chi connectivity index (χ4n) is 1.70. The largest absolute Gasteiger partial charge is 0.410 e. The second kappa shape index (κ2) is 4.24. The number of benzene rings is 1. The van der Waals surface area contributed by atoms with Gasteiger partial charge in [-0.3, -0.25) is 0 Å². The highest BCUT2D eigenvalue weighted by atomic mass is 16.5. The van der Waals surface area contributed by atoms with E-state index < -0.39 is 6.09 Å². The molecule has 0 spiro atoms. The summed E-state index contributed by atoms with van der Waals surface area (Å²) < 4.78 is 4.82. The van der Waals surface area contributed by atoms with Crippen molar-refractivity contribution < 1.29 is 9.53 Å². The van der Waals surface area contributed by atoms with Crippen LogP contribution in [0.15, 0.2) is 24.4 Å². The molecule has 1 aromatic heterocycles. The van der Waals surface area contributed by atoms with Crippen molar-refractivity contribution in [2.45, 2.75) is 6.42 Å². The van der Waals surface area contributed by atoms with Gasteiger partial charge >= 0.3 is 6.09 Å². The number of ether oxygens (including phenoxy) is 1. The van der Waals surface area contributed by atoms with E-state index in [4.69, 9.17) is 16.2 Å². The molecule has 0 saturated carbocycles. The molecule has 5 N–H and O–H groups in total. The number of fused-ring (bicyclic) bond motifs is 1. The van der Waals surface area contributed by atoms with Gasteiger partial charge in [0.25, 0.3) is 0 Å². The van der Waals surface area contributed by atoms with Gasteiger partial charge in [0.1, 0.15) is 5.75 Å². The molecule has 0 saturated heterocycles. The maximum atomic E-state index is 10.6. The van der Waals surface area contributed by atoms with Gasteiger partial charge in [0.05, 0.1) is 0 Å². The fourth-order valence-corrected chi connectivity index (χ4v) is 1.70. The number of hydrogen-bond donors (Lipinski definition) is 3. The van der Waals surface area contributed by atoms with E-state index in [-0.39, 0.29) is 0 Å². The molecule has 0 aliphatic heterocycles. The number of primary amides is 1. The summed E-state index contributed by atoms with van der Waals surface area (Å²) in [5, 5.41) is 1.00. The molecule has 16 heavy (non-hydrogen) atoms. The lowest BCUT2D eigenvalue weighted by Crippen LogP contribution is -2.16. The predicted octanol–water partition coefficient (Wildman–Crippen LogP) is 1.13. The maximum Gasteiger partial charge on any atom is 0.409 e. The van der Waals surface area contributed by atoms with Gasteiger partial charge in [0.15, 0.2) is 0 Å². The summed E-state index contributed by atoms with van der Waals surface area (Å²) in [5.41, 5.74) is 12.6. The summed E-state index contributed by atoms with van der Waals surface area (Å²) in [6.07, 6.45) is 1.88. The van der Waals surface area contributed by atoms with Crippen LogP contribution in [0.2, 0.25) is 0 Å². The van der Waals surface area contributed by atoms with Gasteiger partial charge in [-0.25, -0.2) is 4.79 Å². The van der Waals surface area contributed by atoms with Crippen LogP contribution in [-0.4, -0.2) is 17.6 Å². The summed E-state index contributed by atoms with van der Waals surface area (Å²) in [6.45, 7) is 0.577. The molecular formula is C11H13N3O2. The van der Waals surface area contributed by atoms with Crippen LogP contribution in [-0.2, 0) is 6.42 Å². The second-order valence-electron chi connectivity index (χ2n) is 3.48. The van der Waals surface area contributed by atoms with E-state index in [0.29, 0.717) is 12.3 Å². The second-order valence-corrected chi connectivity index (χ2v) is 3.48. The molecule has 0 atom stereocenters. The first-order chi connectivity index (χ1) is 7.70. The van der Waals surface area contributed by atoms with E-state index in [1.165, 1.54) is 0 Å². The van der Waals surface area contributed by atoms with Gasteiger partial charge in [-0.1, -0.05) is 0 Å². The highest BCUT2D eigenvalue weighted by Crippen LogP contribution is 2.23. The third-order valence-electron chi connectivity index (χ3n) is 2.37. The molecule has 0 aliphatic carbocycles. The van der Waals surface area contributed by atoms with Crippen LogP contribution in [0.4, 0.5) is 4.79 Å². The van der Waals surface area contributed by atoms with Gasteiger partial charge in [-0.15, -0.1) is 0 Å². The average molecular weight is 219 g/mol. The lowest BCUT2D eigenvalue weighted by Gasteiger charge is -2.01. The van der Waals surface area contributed by atoms with Gasteiger partial charge in [0, 0.05) is 17.1 Å². The van der Waals surface area contributed by atoms with Crippen LogP contribution >= 0.6 is 0 Å². The third-order valence-corrected chi connectivity index (χ3v) is 2.37. The Bertz CT molecular complexity index is 519. The number of nitrogens with one attached hydrogen (secondary N) is 1. The Kier molecular flexibility index (Phi) is 2.78. The van der Waals surface area contributed by atoms with E-state index in [0.717, 1.165) is 22.9 Å². The standard InChI is InChI=1S/C11H13N3O2/c12-4-3-7-6-14-10-2-1-8(5-9(7)10)16-11(13)15/h1-2,5-6,14H,3-4,12H2,(H2,13,15). The van der Waals surface area contributed by atoms with Crippen molar-refractivity contribution in [3.05, 3.63) is 30.0 Å². The Hall–Kier alpha value is -2.01. The van der Waals surface area contributed by atoms with Crippen molar-refractivity contribution in [1.82, 2.24) is 4.98 Å². The van der Waals surface area contributed by atoms with E-state index in [9.17, 15) is 4.79 Å². The Balaban J connectivity index is 2.41. The lowest BCUT2D eigenvalue weighted by molar-refractivity contribution is 0.211. The highest BCUT2D eigenvalue weighted by Gasteiger charge is 2.05. The first-order valence-electron chi connectivity index (χ1n) is 4.98. The lowest BCUT2D eigenvalue weighted by atomic mass is 10.1. The Morgan fingerprint density at radius 3 is 2.94 bits per heavy atom. The molecule has 2 rings (SSSR count). The number of hydrogen-bond acceptors (Lipinski definition) is 3. The molecule has 0 unspecified atom stereocenters. The fraction of sp³-hybridized carbons (Fsp3) is 0.182. The van der Waals surface area contributed by atoms with Crippen LogP contribution in [0.25, 0.3) is 10.9 Å². The normalized spacial score (nSPS) is 10.6. The molecule has 0 radical (unpaired) electrons. The van der Waals surface area contributed by atoms with Crippen LogP contribution in [0, 0.1) is 0 Å². The molecule has 5 nitrogen and oxygen atoms in total. The number of rotatable bonds is 3. The zero-order valence-electron chi connectivity index (χ0n) is 8.69. The van der Waals surface area contributed by atoms with Crippen LogP contribution in [0.5, 0.6) is 5.75 Å². The molecule has 0 aliphatic rings. The molecule has 1 heterocycles. The number of aromatic amines is 1. The summed E-state index contributed by atoms with van der Waals surface area (Å²) in [4.78, 5) is 13.8. The first-order valence-corrected chi connectivity index (χ1v) is 4.98. The summed E-state index contributed by atoms with van der Waals surface area (Å²) >= 11 is 0. The van der Waals surface area contributed by atoms with Crippen LogP contribution < -0.4 is 16.2 Å². The van der Waals surface area contributed by atoms with E-state index in [2.05, 4.69) is 4.98 Å². The highest BCUT2D eigenvalue weighted by molar-refractivity contribution is 5.85. The summed E-state index contributed by atoms with van der Waals surface area (Å²) in [7, 11) is 0. The molecule has 84 valence electrons. The van der Waals surface area contributed by atoms with E-state index in [1.54, 1.807) is 12.1 Å². The molecule has 0 fully saturated rings. The minimum absolute atomic E-state index is 0.442. The number of nitrogens with two attached hydrogens (primary N) is 2. The van der Waals surface area contributed by atoms with Crippen molar-refractivity contribution >= 4 is 17.0 Å². The minimum atomic E-state index is -0.810. The SMILES string of the molecule is NCCc1c[nH]c2ccc(OC(N)=O)cc12. The van der Waals surface area contributed by atoms with E-state index >= 15 is 0 Å². The van der Waals surface area contributed by atoms with Gasteiger partial charge in [-0.2, -0.15) is 0 Å². The topological polar surface area (TPSA) is 94.1 Å². The van der Waals surface area contributed by atoms with E-state index in [1.807, 2.05) is 12.3 Å². The van der Waals surface area contributed by atoms with Gasteiger partial charge < -0.3 is 21.2 Å². The number of amides is 1. The first kappa shape index (κ1) is 10.5. The van der Waals surface area contributed by atoms with Crippen molar-refractivity contribution in [2.75, 3.05) is 6.54 Å². The Morgan fingerprint density at radius 2 is 2.25 bits per heavy atom. The minimum Gasteiger partial charge on any atom is -0.410 e. The number of aromatic nitrogens is 1. The van der Waals surface area contributed by atoms with Crippen LogP contribution in [0.3, 0.4) is 0 Å². The Morgan fingerprint density at radius 1 is 1.44 bits per heavy atom. The smallest absolute Gasteiger partial charge is 0.409 e. The van der Waals surface area contributed by atoms with Crippen molar-refractivity contribution in [3.8, 4) is 5.75 Å². The Labute approximate surface area is 92.4 Å². The molecule has 1 amide bonds. The zero-order chi connectivity index (χ0) is 11.5. The number of carbonyl (C=O) groups is 1. The van der Waals surface area contributed by atoms with Crippen molar-refractivity contribution in [2.24, 2.45) is 11.5 Å². The molecule has 5 heteroatoms. The van der Waals surface area contributed by atoms with Gasteiger partial charge in [0.2, 0.25) is 0 Å². The quantitative estimate of drug-likeness (QED) is 0.722. The van der Waals surface area contributed by atoms with Gasteiger partial charge in [-0.05, 0) is 36.7 Å². The zero-order valence-corrected chi connectivity index (χ0v) is 8.69. The molecular weight excluding hydrogens is 206 g/mol. The van der Waals surface area contributed by atoms with Crippen LogP contribution in [0.1, 0.15) is 5.56 Å². The predicted molar refractivity (Wildman–Crippen MR) is 61.3 cm³/mol. The third kappa shape index (κ3) is 1.99. The summed E-state index contributed by atoms with van der Waals surface area (Å²) in [6, 6.07) is 5.31. The average Bonchev–Trinajstić information content (AvgIpc) is 2.61. The monoisotopic (exact) mass is 219 g/mol. The van der Waals surface area contributed by atoms with Crippen molar-refractivity contribution in [1.29, 1.82) is 0 Å². The number of H-pyrrole nitrogens is 1. The maximum absolute atomic E-state index is 10.6.